The molecule has 3 heteroatoms. The van der Waals surface area contributed by atoms with Crippen LogP contribution in [0.1, 0.15) is 27.2 Å². The zero-order valence-electron chi connectivity index (χ0n) is 11.2. The smallest absolute Gasteiger partial charge is 0.0639 e. The van der Waals surface area contributed by atoms with Crippen LogP contribution in [0.15, 0.2) is 29.2 Å². The van der Waals surface area contributed by atoms with Crippen molar-refractivity contribution in [2.24, 2.45) is 0 Å². The molecule has 17 heavy (non-hydrogen) atoms. The summed E-state index contributed by atoms with van der Waals surface area (Å²) in [5, 5.41) is 3.49. The van der Waals surface area contributed by atoms with Crippen molar-refractivity contribution in [1.82, 2.24) is 0 Å². The standard InChI is InChI=1S/C14H23NOS/c1-5-17-13-9-7-6-8-12(13)15-11-10-14(2,3)16-4/h6-9,15H,5,10-11H2,1-4H3. The van der Waals surface area contributed by atoms with Crippen molar-refractivity contribution in [3.8, 4) is 0 Å². The number of thioether (sulfide) groups is 1. The summed E-state index contributed by atoms with van der Waals surface area (Å²) in [4.78, 5) is 1.32. The van der Waals surface area contributed by atoms with E-state index >= 15 is 0 Å². The van der Waals surface area contributed by atoms with Crippen molar-refractivity contribution in [3.63, 3.8) is 0 Å². The molecule has 0 bridgehead atoms. The van der Waals surface area contributed by atoms with Crippen LogP contribution in [0.5, 0.6) is 0 Å². The van der Waals surface area contributed by atoms with Crippen molar-refractivity contribution in [3.05, 3.63) is 24.3 Å². The number of methoxy groups -OCH3 is 1. The summed E-state index contributed by atoms with van der Waals surface area (Å²) in [6, 6.07) is 8.46. The lowest BCUT2D eigenvalue weighted by atomic mass is 10.1. The van der Waals surface area contributed by atoms with E-state index in [-0.39, 0.29) is 5.60 Å². The Hall–Kier alpha value is -0.670. The molecule has 0 saturated carbocycles. The van der Waals surface area contributed by atoms with Gasteiger partial charge >= 0.3 is 0 Å². The maximum absolute atomic E-state index is 5.41. The van der Waals surface area contributed by atoms with Crippen LogP contribution in [0.25, 0.3) is 0 Å². The number of rotatable bonds is 7. The number of hydrogen-bond donors (Lipinski definition) is 1. The Balaban J connectivity index is 2.51. The molecule has 0 atom stereocenters. The second-order valence-corrected chi connectivity index (χ2v) is 5.88. The molecule has 96 valence electrons. The van der Waals surface area contributed by atoms with Gasteiger partial charge in [-0.05, 0) is 38.2 Å². The molecule has 0 aliphatic carbocycles. The van der Waals surface area contributed by atoms with Gasteiger partial charge in [-0.3, -0.25) is 0 Å². The first kappa shape index (κ1) is 14.4. The average molecular weight is 253 g/mol. The minimum Gasteiger partial charge on any atom is -0.384 e. The number of nitrogens with one attached hydrogen (secondary N) is 1. The molecular weight excluding hydrogens is 230 g/mol. The van der Waals surface area contributed by atoms with Gasteiger partial charge in [0.25, 0.3) is 0 Å². The van der Waals surface area contributed by atoms with Gasteiger partial charge in [-0.15, -0.1) is 11.8 Å². The quantitative estimate of drug-likeness (QED) is 0.741. The first-order valence-corrected chi connectivity index (χ1v) is 7.08. The monoisotopic (exact) mass is 253 g/mol. The molecule has 0 amide bonds. The lowest BCUT2D eigenvalue weighted by Gasteiger charge is -2.23. The van der Waals surface area contributed by atoms with E-state index in [1.165, 1.54) is 10.6 Å². The van der Waals surface area contributed by atoms with Crippen LogP contribution in [0.3, 0.4) is 0 Å². The van der Waals surface area contributed by atoms with Gasteiger partial charge in [0, 0.05) is 24.2 Å². The fourth-order valence-electron chi connectivity index (χ4n) is 1.49. The van der Waals surface area contributed by atoms with E-state index in [0.29, 0.717) is 0 Å². The van der Waals surface area contributed by atoms with E-state index in [0.717, 1.165) is 18.7 Å². The third-order valence-corrected chi connectivity index (χ3v) is 3.74. The van der Waals surface area contributed by atoms with E-state index < -0.39 is 0 Å². The maximum atomic E-state index is 5.41. The Morgan fingerprint density at radius 2 is 2.00 bits per heavy atom. The second kappa shape index (κ2) is 6.92. The molecule has 0 heterocycles. The first-order valence-electron chi connectivity index (χ1n) is 6.10. The van der Waals surface area contributed by atoms with E-state index in [1.807, 2.05) is 11.8 Å². The third kappa shape index (κ3) is 5.00. The van der Waals surface area contributed by atoms with Crippen LogP contribution < -0.4 is 5.32 Å². The molecule has 0 fully saturated rings. The second-order valence-electron chi connectivity index (χ2n) is 4.57. The van der Waals surface area contributed by atoms with Crippen molar-refractivity contribution in [2.45, 2.75) is 37.7 Å². The molecule has 0 radical (unpaired) electrons. The van der Waals surface area contributed by atoms with Gasteiger partial charge < -0.3 is 10.1 Å². The van der Waals surface area contributed by atoms with Crippen LogP contribution in [-0.2, 0) is 4.74 Å². The Kier molecular flexibility index (Phi) is 5.86. The van der Waals surface area contributed by atoms with Gasteiger partial charge in [0.2, 0.25) is 0 Å². The molecule has 1 aromatic rings. The van der Waals surface area contributed by atoms with Crippen molar-refractivity contribution in [2.75, 3.05) is 24.7 Å². The fraction of sp³-hybridized carbons (Fsp3) is 0.571. The molecule has 0 saturated heterocycles. The summed E-state index contributed by atoms with van der Waals surface area (Å²) in [5.74, 6) is 1.10. The third-order valence-electron chi connectivity index (χ3n) is 2.78. The van der Waals surface area contributed by atoms with Crippen LogP contribution in [0, 0.1) is 0 Å². The zero-order chi connectivity index (χ0) is 12.7. The fourth-order valence-corrected chi connectivity index (χ4v) is 2.28. The van der Waals surface area contributed by atoms with E-state index in [1.54, 1.807) is 7.11 Å². The number of hydrogen-bond acceptors (Lipinski definition) is 3. The van der Waals surface area contributed by atoms with Crippen LogP contribution >= 0.6 is 11.8 Å². The minimum absolute atomic E-state index is 0.0557. The summed E-state index contributed by atoms with van der Waals surface area (Å²) in [5.41, 5.74) is 1.17. The number of ether oxygens (including phenoxy) is 1. The van der Waals surface area contributed by atoms with E-state index in [4.69, 9.17) is 4.74 Å². The lowest BCUT2D eigenvalue weighted by Crippen LogP contribution is -2.25. The SMILES string of the molecule is CCSc1ccccc1NCCC(C)(C)OC. The Bertz CT molecular complexity index is 339. The molecule has 0 aromatic heterocycles. The molecule has 0 aliphatic heterocycles. The van der Waals surface area contributed by atoms with Gasteiger partial charge in [0.15, 0.2) is 0 Å². The molecular formula is C14H23NOS. The lowest BCUT2D eigenvalue weighted by molar-refractivity contribution is 0.0185. The summed E-state index contributed by atoms with van der Waals surface area (Å²) >= 11 is 1.87. The summed E-state index contributed by atoms with van der Waals surface area (Å²) in [7, 11) is 1.76. The van der Waals surface area contributed by atoms with Gasteiger partial charge in [0.05, 0.1) is 5.60 Å². The molecule has 1 aromatic carbocycles. The summed E-state index contributed by atoms with van der Waals surface area (Å²) in [6.45, 7) is 7.33. The maximum Gasteiger partial charge on any atom is 0.0639 e. The van der Waals surface area contributed by atoms with E-state index in [9.17, 15) is 0 Å². The Morgan fingerprint density at radius 3 is 2.65 bits per heavy atom. The first-order chi connectivity index (χ1) is 8.09. The highest BCUT2D eigenvalue weighted by Crippen LogP contribution is 2.26. The zero-order valence-corrected chi connectivity index (χ0v) is 12.1. The van der Waals surface area contributed by atoms with Gasteiger partial charge in [-0.1, -0.05) is 19.1 Å². The minimum atomic E-state index is -0.0557. The highest BCUT2D eigenvalue weighted by Gasteiger charge is 2.15. The van der Waals surface area contributed by atoms with Crippen molar-refractivity contribution in [1.29, 1.82) is 0 Å². The average Bonchev–Trinajstić information content (AvgIpc) is 2.31. The number of anilines is 1. The van der Waals surface area contributed by atoms with Gasteiger partial charge in [0.1, 0.15) is 0 Å². The molecule has 0 unspecified atom stereocenters. The van der Waals surface area contributed by atoms with Crippen LogP contribution in [0.2, 0.25) is 0 Å². The van der Waals surface area contributed by atoms with Gasteiger partial charge in [-0.2, -0.15) is 0 Å². The molecule has 0 spiro atoms. The molecule has 1 rings (SSSR count). The van der Waals surface area contributed by atoms with Crippen molar-refractivity contribution >= 4 is 17.4 Å². The van der Waals surface area contributed by atoms with Gasteiger partial charge in [-0.25, -0.2) is 0 Å². The normalized spacial score (nSPS) is 11.5. The summed E-state index contributed by atoms with van der Waals surface area (Å²) in [6.07, 6.45) is 0.995. The van der Waals surface area contributed by atoms with Crippen molar-refractivity contribution < 1.29 is 4.74 Å². The van der Waals surface area contributed by atoms with E-state index in [2.05, 4.69) is 50.4 Å². The largest absolute Gasteiger partial charge is 0.384 e. The molecule has 1 N–H and O–H groups in total. The Labute approximate surface area is 109 Å². The Morgan fingerprint density at radius 1 is 1.29 bits per heavy atom. The topological polar surface area (TPSA) is 21.3 Å². The number of para-hydroxylation sites is 1. The van der Waals surface area contributed by atoms with Crippen LogP contribution in [0.4, 0.5) is 5.69 Å². The molecule has 0 aliphatic rings. The summed E-state index contributed by atoms with van der Waals surface area (Å²) < 4.78 is 5.41. The predicted molar refractivity (Wildman–Crippen MR) is 77.0 cm³/mol. The predicted octanol–water partition coefficient (Wildman–Crippen LogP) is 4.03. The number of benzene rings is 1. The van der Waals surface area contributed by atoms with Crippen LogP contribution in [-0.4, -0.2) is 25.0 Å². The molecule has 2 nitrogen and oxygen atoms in total. The highest BCUT2D eigenvalue weighted by molar-refractivity contribution is 7.99. The highest BCUT2D eigenvalue weighted by atomic mass is 32.2.